The van der Waals surface area contributed by atoms with E-state index in [1.54, 1.807) is 20.0 Å². The zero-order valence-electron chi connectivity index (χ0n) is 15.3. The van der Waals surface area contributed by atoms with Crippen molar-refractivity contribution in [3.8, 4) is 11.5 Å². The number of hydrogen-bond acceptors (Lipinski definition) is 4. The number of hydrogen-bond donors (Lipinski definition) is 4. The van der Waals surface area contributed by atoms with Gasteiger partial charge < -0.3 is 25.7 Å². The summed E-state index contributed by atoms with van der Waals surface area (Å²) in [5.74, 6) is -0.702. The first kappa shape index (κ1) is 18.3. The lowest BCUT2D eigenvalue weighted by molar-refractivity contribution is -0.113. The minimum atomic E-state index is -0.849. The zero-order valence-corrected chi connectivity index (χ0v) is 15.3. The molecule has 0 aliphatic carbocycles. The van der Waals surface area contributed by atoms with E-state index in [2.05, 4.69) is 10.6 Å². The van der Waals surface area contributed by atoms with Crippen LogP contribution in [0.1, 0.15) is 24.1 Å². The van der Waals surface area contributed by atoms with E-state index in [4.69, 9.17) is 0 Å². The van der Waals surface area contributed by atoms with E-state index in [9.17, 15) is 19.8 Å². The molecular formula is C20H21N3O4. The molecule has 140 valence electrons. The van der Waals surface area contributed by atoms with Gasteiger partial charge in [-0.1, -0.05) is 18.2 Å². The second kappa shape index (κ2) is 7.03. The van der Waals surface area contributed by atoms with Crippen molar-refractivity contribution in [1.29, 1.82) is 0 Å². The predicted molar refractivity (Wildman–Crippen MR) is 101 cm³/mol. The standard InChI is InChI=1S/C20H21N3O4/c1-11-6-4-5-7-15(11)21-19(26)17-12(2)23(3)20(27)22-18(17)14-9-8-13(24)10-16(14)25/h4-10,18,24-25H,1-3H3,(H,21,26)(H,22,27). The molecule has 1 unspecified atom stereocenters. The second-order valence-electron chi connectivity index (χ2n) is 6.45. The van der Waals surface area contributed by atoms with Gasteiger partial charge in [-0.2, -0.15) is 0 Å². The minimum Gasteiger partial charge on any atom is -0.508 e. The van der Waals surface area contributed by atoms with Crippen LogP contribution in [0.3, 0.4) is 0 Å². The summed E-state index contributed by atoms with van der Waals surface area (Å²) in [5, 5.41) is 25.4. The van der Waals surface area contributed by atoms with Crippen LogP contribution >= 0.6 is 0 Å². The summed E-state index contributed by atoms with van der Waals surface area (Å²) in [6.45, 7) is 3.56. The Labute approximate surface area is 156 Å². The molecule has 0 radical (unpaired) electrons. The molecule has 3 amide bonds. The average Bonchev–Trinajstić information content (AvgIpc) is 2.61. The number of amides is 3. The fraction of sp³-hybridized carbons (Fsp3) is 0.200. The molecule has 7 nitrogen and oxygen atoms in total. The Morgan fingerprint density at radius 2 is 1.85 bits per heavy atom. The van der Waals surface area contributed by atoms with Crippen molar-refractivity contribution in [2.45, 2.75) is 19.9 Å². The number of aromatic hydroxyl groups is 2. The Kier molecular flexibility index (Phi) is 4.77. The summed E-state index contributed by atoms with van der Waals surface area (Å²) in [6.07, 6.45) is 0. The molecule has 2 aromatic rings. The van der Waals surface area contributed by atoms with Crippen molar-refractivity contribution < 1.29 is 19.8 Å². The summed E-state index contributed by atoms with van der Waals surface area (Å²) in [5.41, 5.74) is 2.67. The highest BCUT2D eigenvalue weighted by Gasteiger charge is 2.35. The van der Waals surface area contributed by atoms with Gasteiger partial charge in [-0.25, -0.2) is 4.79 Å². The first-order valence-corrected chi connectivity index (χ1v) is 8.43. The summed E-state index contributed by atoms with van der Waals surface area (Å²) in [7, 11) is 1.57. The van der Waals surface area contributed by atoms with E-state index >= 15 is 0 Å². The van der Waals surface area contributed by atoms with E-state index in [0.717, 1.165) is 5.56 Å². The molecule has 1 heterocycles. The van der Waals surface area contributed by atoms with Gasteiger partial charge in [0.15, 0.2) is 0 Å². The first-order chi connectivity index (χ1) is 12.8. The number of phenolic OH excluding ortho intramolecular Hbond substituents is 2. The number of nitrogens with zero attached hydrogens (tertiary/aromatic N) is 1. The molecule has 2 aromatic carbocycles. The van der Waals surface area contributed by atoms with Gasteiger partial charge in [-0.15, -0.1) is 0 Å². The number of allylic oxidation sites excluding steroid dienone is 1. The molecule has 0 saturated heterocycles. The molecule has 0 spiro atoms. The van der Waals surface area contributed by atoms with Crippen LogP contribution in [0.4, 0.5) is 10.5 Å². The lowest BCUT2D eigenvalue weighted by atomic mass is 9.93. The van der Waals surface area contributed by atoms with E-state index in [1.807, 2.05) is 25.1 Å². The lowest BCUT2D eigenvalue weighted by Gasteiger charge is -2.34. The van der Waals surface area contributed by atoms with Crippen molar-refractivity contribution in [3.63, 3.8) is 0 Å². The molecule has 0 bridgehead atoms. The Morgan fingerprint density at radius 3 is 2.52 bits per heavy atom. The van der Waals surface area contributed by atoms with Crippen LogP contribution in [0.5, 0.6) is 11.5 Å². The maximum atomic E-state index is 13.1. The van der Waals surface area contributed by atoms with Gasteiger partial charge in [0, 0.05) is 30.1 Å². The quantitative estimate of drug-likeness (QED) is 0.670. The molecule has 1 aliphatic rings. The van der Waals surface area contributed by atoms with Gasteiger partial charge in [-0.05, 0) is 37.6 Å². The molecular weight excluding hydrogens is 346 g/mol. The highest BCUT2D eigenvalue weighted by molar-refractivity contribution is 6.07. The molecule has 27 heavy (non-hydrogen) atoms. The maximum Gasteiger partial charge on any atom is 0.322 e. The smallest absolute Gasteiger partial charge is 0.322 e. The fourth-order valence-electron chi connectivity index (χ4n) is 3.04. The van der Waals surface area contributed by atoms with Gasteiger partial charge in [0.1, 0.15) is 11.5 Å². The van der Waals surface area contributed by atoms with Crippen molar-refractivity contribution in [1.82, 2.24) is 10.2 Å². The van der Waals surface area contributed by atoms with E-state index in [-0.39, 0.29) is 17.4 Å². The molecule has 0 fully saturated rings. The number of carbonyl (C=O) groups excluding carboxylic acids is 2. The molecule has 0 aromatic heterocycles. The normalized spacial score (nSPS) is 16.9. The van der Waals surface area contributed by atoms with Crippen LogP contribution < -0.4 is 10.6 Å². The summed E-state index contributed by atoms with van der Waals surface area (Å²) in [4.78, 5) is 26.7. The third-order valence-electron chi connectivity index (χ3n) is 4.72. The number of carbonyl (C=O) groups is 2. The molecule has 0 saturated carbocycles. The monoisotopic (exact) mass is 367 g/mol. The second-order valence-corrected chi connectivity index (χ2v) is 6.45. The molecule has 7 heteroatoms. The van der Waals surface area contributed by atoms with Crippen molar-refractivity contribution in [2.75, 3.05) is 12.4 Å². The highest BCUT2D eigenvalue weighted by atomic mass is 16.3. The van der Waals surface area contributed by atoms with Crippen LogP contribution in [0.15, 0.2) is 53.7 Å². The van der Waals surface area contributed by atoms with Crippen molar-refractivity contribution in [3.05, 3.63) is 64.9 Å². The van der Waals surface area contributed by atoms with Gasteiger partial charge in [-0.3, -0.25) is 4.79 Å². The summed E-state index contributed by atoms with van der Waals surface area (Å²) in [6, 6.07) is 10.2. The van der Waals surface area contributed by atoms with Crippen LogP contribution in [-0.4, -0.2) is 34.1 Å². The number of anilines is 1. The largest absolute Gasteiger partial charge is 0.508 e. The Balaban J connectivity index is 2.05. The summed E-state index contributed by atoms with van der Waals surface area (Å²) < 4.78 is 0. The minimum absolute atomic E-state index is 0.109. The summed E-state index contributed by atoms with van der Waals surface area (Å²) >= 11 is 0. The third-order valence-corrected chi connectivity index (χ3v) is 4.72. The number of benzene rings is 2. The first-order valence-electron chi connectivity index (χ1n) is 8.43. The van der Waals surface area contributed by atoms with Gasteiger partial charge >= 0.3 is 6.03 Å². The fourth-order valence-corrected chi connectivity index (χ4v) is 3.04. The van der Waals surface area contributed by atoms with Crippen molar-refractivity contribution >= 4 is 17.6 Å². The van der Waals surface area contributed by atoms with Crippen LogP contribution in [0.2, 0.25) is 0 Å². The predicted octanol–water partition coefficient (Wildman–Crippen LogP) is 3.02. The van der Waals surface area contributed by atoms with Crippen LogP contribution in [-0.2, 0) is 4.79 Å². The van der Waals surface area contributed by atoms with E-state index in [0.29, 0.717) is 22.5 Å². The molecule has 1 atom stereocenters. The number of rotatable bonds is 3. The molecule has 1 aliphatic heterocycles. The van der Waals surface area contributed by atoms with Crippen LogP contribution in [0, 0.1) is 6.92 Å². The van der Waals surface area contributed by atoms with Crippen LogP contribution in [0.25, 0.3) is 0 Å². The Morgan fingerprint density at radius 1 is 1.15 bits per heavy atom. The maximum absolute atomic E-state index is 13.1. The van der Waals surface area contributed by atoms with E-state index in [1.165, 1.54) is 23.1 Å². The number of nitrogens with one attached hydrogen (secondary N) is 2. The van der Waals surface area contributed by atoms with Gasteiger partial charge in [0.2, 0.25) is 0 Å². The highest BCUT2D eigenvalue weighted by Crippen LogP contribution is 2.36. The van der Waals surface area contributed by atoms with E-state index < -0.39 is 12.1 Å². The van der Waals surface area contributed by atoms with Crippen molar-refractivity contribution in [2.24, 2.45) is 0 Å². The average molecular weight is 367 g/mol. The molecule has 3 rings (SSSR count). The number of aryl methyl sites for hydroxylation is 1. The Hall–Kier alpha value is -3.48. The SMILES string of the molecule is CC1=C(C(=O)Nc2ccccc2C)C(c2ccc(O)cc2O)NC(=O)N1C. The Bertz CT molecular complexity index is 952. The topological polar surface area (TPSA) is 102 Å². The zero-order chi connectivity index (χ0) is 19.7. The number of para-hydroxylation sites is 1. The third kappa shape index (κ3) is 3.44. The lowest BCUT2D eigenvalue weighted by Crippen LogP contribution is -2.46. The number of phenols is 2. The number of urea groups is 1. The molecule has 4 N–H and O–H groups in total. The van der Waals surface area contributed by atoms with Gasteiger partial charge in [0.05, 0.1) is 11.6 Å². The van der Waals surface area contributed by atoms with Gasteiger partial charge in [0.25, 0.3) is 5.91 Å².